The van der Waals surface area contributed by atoms with E-state index < -0.39 is 0 Å². The molecule has 1 fully saturated rings. The van der Waals surface area contributed by atoms with Crippen LogP contribution in [0.15, 0.2) is 24.3 Å². The van der Waals surface area contributed by atoms with Gasteiger partial charge in [-0.25, -0.2) is 4.98 Å². The number of aromatic nitrogens is 2. The molecule has 0 amide bonds. The van der Waals surface area contributed by atoms with Crippen LogP contribution < -0.4 is 5.32 Å². The van der Waals surface area contributed by atoms with Crippen LogP contribution in [0.25, 0.3) is 11.0 Å². The van der Waals surface area contributed by atoms with Gasteiger partial charge in [-0.2, -0.15) is 0 Å². The molecule has 0 spiro atoms. The zero-order valence-electron chi connectivity index (χ0n) is 11.7. The van der Waals surface area contributed by atoms with Crippen LogP contribution in [0.4, 0.5) is 0 Å². The van der Waals surface area contributed by atoms with Gasteiger partial charge in [-0.05, 0) is 30.9 Å². The molecule has 1 heterocycles. The highest BCUT2D eigenvalue weighted by atomic mass is 15.0. The molecule has 2 atom stereocenters. The molecule has 2 N–H and O–H groups in total. The lowest BCUT2D eigenvalue weighted by molar-refractivity contribution is 0.282. The van der Waals surface area contributed by atoms with E-state index in [1.165, 1.54) is 25.7 Å². The first-order chi connectivity index (χ1) is 9.33. The molecule has 102 valence electrons. The van der Waals surface area contributed by atoms with Crippen molar-refractivity contribution in [1.82, 2.24) is 15.3 Å². The fraction of sp³-hybridized carbons (Fsp3) is 0.562. The molecule has 1 aliphatic carbocycles. The fourth-order valence-electron chi connectivity index (χ4n) is 3.12. The van der Waals surface area contributed by atoms with Crippen molar-refractivity contribution in [3.8, 4) is 0 Å². The summed E-state index contributed by atoms with van der Waals surface area (Å²) in [6.07, 6.45) is 6.48. The lowest BCUT2D eigenvalue weighted by Gasteiger charge is -2.29. The molecular formula is C16H23N3. The molecule has 0 radical (unpaired) electrons. The second-order valence-electron chi connectivity index (χ2n) is 5.77. The Kier molecular flexibility index (Phi) is 3.83. The number of hydrogen-bond donors (Lipinski definition) is 2. The van der Waals surface area contributed by atoms with Gasteiger partial charge in [0.05, 0.1) is 11.0 Å². The molecule has 1 aromatic carbocycles. The average Bonchev–Trinajstić information content (AvgIpc) is 2.83. The second kappa shape index (κ2) is 5.74. The Morgan fingerprint density at radius 3 is 2.95 bits per heavy atom. The first-order valence-electron chi connectivity index (χ1n) is 7.50. The number of hydrogen-bond acceptors (Lipinski definition) is 2. The molecule has 0 aliphatic heterocycles. The fourth-order valence-corrected chi connectivity index (χ4v) is 3.12. The van der Waals surface area contributed by atoms with E-state index in [1.807, 2.05) is 12.1 Å². The highest BCUT2D eigenvalue weighted by molar-refractivity contribution is 5.74. The first kappa shape index (κ1) is 12.7. The monoisotopic (exact) mass is 257 g/mol. The predicted octanol–water partition coefficient (Wildman–Crippen LogP) is 3.27. The van der Waals surface area contributed by atoms with Crippen molar-refractivity contribution in [2.45, 2.75) is 45.1 Å². The number of benzene rings is 1. The number of nitrogens with one attached hydrogen (secondary N) is 2. The third-order valence-electron chi connectivity index (χ3n) is 4.32. The van der Waals surface area contributed by atoms with Crippen LogP contribution in [0.2, 0.25) is 0 Å². The zero-order valence-corrected chi connectivity index (χ0v) is 11.7. The van der Waals surface area contributed by atoms with Crippen LogP contribution in [0.5, 0.6) is 0 Å². The van der Waals surface area contributed by atoms with Crippen molar-refractivity contribution in [3.63, 3.8) is 0 Å². The molecule has 19 heavy (non-hydrogen) atoms. The van der Waals surface area contributed by atoms with E-state index in [-0.39, 0.29) is 0 Å². The molecule has 3 nitrogen and oxygen atoms in total. The summed E-state index contributed by atoms with van der Waals surface area (Å²) in [4.78, 5) is 8.01. The summed E-state index contributed by atoms with van der Waals surface area (Å²) in [7, 11) is 0. The smallest absolute Gasteiger partial charge is 0.108 e. The van der Waals surface area contributed by atoms with Crippen molar-refractivity contribution in [2.75, 3.05) is 6.54 Å². The molecule has 1 aliphatic rings. The third kappa shape index (κ3) is 2.98. The van der Waals surface area contributed by atoms with E-state index in [1.54, 1.807) is 0 Å². The van der Waals surface area contributed by atoms with Crippen molar-refractivity contribution in [1.29, 1.82) is 0 Å². The third-order valence-corrected chi connectivity index (χ3v) is 4.32. The van der Waals surface area contributed by atoms with Gasteiger partial charge in [-0.15, -0.1) is 0 Å². The van der Waals surface area contributed by atoms with Crippen molar-refractivity contribution >= 4 is 11.0 Å². The minimum atomic E-state index is 0.707. The molecule has 3 heteroatoms. The van der Waals surface area contributed by atoms with Gasteiger partial charge in [0.25, 0.3) is 0 Å². The molecule has 1 aromatic heterocycles. The van der Waals surface area contributed by atoms with Gasteiger partial charge in [0, 0.05) is 19.0 Å². The Balaban J connectivity index is 1.54. The maximum absolute atomic E-state index is 4.62. The summed E-state index contributed by atoms with van der Waals surface area (Å²) in [5.41, 5.74) is 2.21. The van der Waals surface area contributed by atoms with Crippen LogP contribution in [0, 0.1) is 5.92 Å². The lowest BCUT2D eigenvalue weighted by Crippen LogP contribution is -2.38. The molecule has 2 unspecified atom stereocenters. The Hall–Kier alpha value is -1.35. The van der Waals surface area contributed by atoms with Gasteiger partial charge in [0.2, 0.25) is 0 Å². The molecule has 1 saturated carbocycles. The molecule has 0 bridgehead atoms. The molecule has 3 rings (SSSR count). The topological polar surface area (TPSA) is 40.7 Å². The normalized spacial score (nSPS) is 23.8. The summed E-state index contributed by atoms with van der Waals surface area (Å²) in [5.74, 6) is 1.92. The quantitative estimate of drug-likeness (QED) is 0.882. The van der Waals surface area contributed by atoms with E-state index in [0.717, 1.165) is 35.7 Å². The highest BCUT2D eigenvalue weighted by Crippen LogP contribution is 2.23. The van der Waals surface area contributed by atoms with E-state index in [9.17, 15) is 0 Å². The van der Waals surface area contributed by atoms with Crippen LogP contribution in [0.3, 0.4) is 0 Å². The van der Waals surface area contributed by atoms with Crippen LogP contribution in [-0.4, -0.2) is 22.6 Å². The Morgan fingerprint density at radius 1 is 1.26 bits per heavy atom. The summed E-state index contributed by atoms with van der Waals surface area (Å²) in [6.45, 7) is 3.40. The van der Waals surface area contributed by atoms with Crippen molar-refractivity contribution in [3.05, 3.63) is 30.1 Å². The largest absolute Gasteiger partial charge is 0.342 e. The Bertz CT molecular complexity index is 499. The number of nitrogens with zero attached hydrogens (tertiary/aromatic N) is 1. The Labute approximate surface area is 114 Å². The standard InChI is InChI=1S/C16H23N3/c1-12-6-2-3-7-13(12)17-11-10-16-18-14-8-4-5-9-15(14)19-16/h4-5,8-9,12-13,17H,2-3,6-7,10-11H2,1H3,(H,18,19). The number of H-pyrrole nitrogens is 1. The number of rotatable bonds is 4. The summed E-state index contributed by atoms with van der Waals surface area (Å²) in [5, 5.41) is 3.70. The van der Waals surface area contributed by atoms with E-state index >= 15 is 0 Å². The summed E-state index contributed by atoms with van der Waals surface area (Å²) >= 11 is 0. The van der Waals surface area contributed by atoms with Gasteiger partial charge >= 0.3 is 0 Å². The van der Waals surface area contributed by atoms with Gasteiger partial charge in [-0.3, -0.25) is 0 Å². The first-order valence-corrected chi connectivity index (χ1v) is 7.50. The maximum atomic E-state index is 4.62. The Morgan fingerprint density at radius 2 is 2.11 bits per heavy atom. The molecular weight excluding hydrogens is 234 g/mol. The predicted molar refractivity (Wildman–Crippen MR) is 79.2 cm³/mol. The number of para-hydroxylation sites is 2. The minimum absolute atomic E-state index is 0.707. The van der Waals surface area contributed by atoms with Gasteiger partial charge in [0.15, 0.2) is 0 Å². The summed E-state index contributed by atoms with van der Waals surface area (Å²) < 4.78 is 0. The van der Waals surface area contributed by atoms with Crippen molar-refractivity contribution < 1.29 is 0 Å². The van der Waals surface area contributed by atoms with Crippen molar-refractivity contribution in [2.24, 2.45) is 5.92 Å². The van der Waals surface area contributed by atoms with Gasteiger partial charge in [-0.1, -0.05) is 31.9 Å². The maximum Gasteiger partial charge on any atom is 0.108 e. The number of fused-ring (bicyclic) bond motifs is 1. The molecule has 2 aromatic rings. The van der Waals surface area contributed by atoms with E-state index in [4.69, 9.17) is 0 Å². The van der Waals surface area contributed by atoms with Gasteiger partial charge in [0.1, 0.15) is 5.82 Å². The second-order valence-corrected chi connectivity index (χ2v) is 5.77. The van der Waals surface area contributed by atoms with E-state index in [2.05, 4.69) is 34.3 Å². The average molecular weight is 257 g/mol. The molecule has 0 saturated heterocycles. The number of aromatic amines is 1. The van der Waals surface area contributed by atoms with Crippen LogP contribution >= 0.6 is 0 Å². The zero-order chi connectivity index (χ0) is 13.1. The lowest BCUT2D eigenvalue weighted by atomic mass is 9.86. The summed E-state index contributed by atoms with van der Waals surface area (Å²) in [6, 6.07) is 8.94. The number of imidazole rings is 1. The van der Waals surface area contributed by atoms with E-state index in [0.29, 0.717) is 6.04 Å². The van der Waals surface area contributed by atoms with Crippen LogP contribution in [-0.2, 0) is 6.42 Å². The van der Waals surface area contributed by atoms with Gasteiger partial charge < -0.3 is 10.3 Å². The highest BCUT2D eigenvalue weighted by Gasteiger charge is 2.20. The van der Waals surface area contributed by atoms with Crippen LogP contribution in [0.1, 0.15) is 38.4 Å². The SMILES string of the molecule is CC1CCCCC1NCCc1nc2ccccc2[nH]1. The minimum Gasteiger partial charge on any atom is -0.342 e.